The van der Waals surface area contributed by atoms with Crippen LogP contribution in [-0.4, -0.2) is 20.6 Å². The van der Waals surface area contributed by atoms with Gasteiger partial charge in [0.15, 0.2) is 0 Å². The first-order chi connectivity index (χ1) is 12.9. The molecule has 8 heteroatoms. The molecule has 2 aromatic rings. The SMILES string of the molecule is CCCC/C(=C/N(N)c1cccc(S(=O)(=O)Nc2ccccc2O)c1)NC. The van der Waals surface area contributed by atoms with E-state index < -0.39 is 10.0 Å². The molecule has 0 aliphatic carbocycles. The summed E-state index contributed by atoms with van der Waals surface area (Å²) in [5.41, 5.74) is 1.60. The molecule has 7 nitrogen and oxygen atoms in total. The molecule has 0 spiro atoms. The second-order valence-corrected chi connectivity index (χ2v) is 7.72. The zero-order valence-electron chi connectivity index (χ0n) is 15.5. The lowest BCUT2D eigenvalue weighted by Gasteiger charge is -2.18. The number of aromatic hydroxyl groups is 1. The third-order valence-electron chi connectivity index (χ3n) is 3.99. The van der Waals surface area contributed by atoms with Crippen molar-refractivity contribution in [1.29, 1.82) is 0 Å². The molecule has 0 saturated carbocycles. The van der Waals surface area contributed by atoms with Crippen LogP contribution in [0.1, 0.15) is 26.2 Å². The van der Waals surface area contributed by atoms with Crippen molar-refractivity contribution in [2.75, 3.05) is 16.8 Å². The van der Waals surface area contributed by atoms with Crippen LogP contribution in [-0.2, 0) is 10.0 Å². The zero-order valence-corrected chi connectivity index (χ0v) is 16.3. The smallest absolute Gasteiger partial charge is 0.262 e. The molecular weight excluding hydrogens is 364 g/mol. The number of hydrazine groups is 1. The van der Waals surface area contributed by atoms with Gasteiger partial charge >= 0.3 is 0 Å². The summed E-state index contributed by atoms with van der Waals surface area (Å²) < 4.78 is 27.7. The van der Waals surface area contributed by atoms with Crippen molar-refractivity contribution in [3.05, 3.63) is 60.4 Å². The number of phenols is 1. The van der Waals surface area contributed by atoms with Crippen molar-refractivity contribution in [3.8, 4) is 5.75 Å². The van der Waals surface area contributed by atoms with Gasteiger partial charge in [0.25, 0.3) is 10.0 Å². The van der Waals surface area contributed by atoms with Gasteiger partial charge in [0.05, 0.1) is 16.3 Å². The number of nitrogens with zero attached hydrogens (tertiary/aromatic N) is 1. The third-order valence-corrected chi connectivity index (χ3v) is 5.35. The van der Waals surface area contributed by atoms with Gasteiger partial charge in [-0.05, 0) is 43.2 Å². The van der Waals surface area contributed by atoms with Gasteiger partial charge in [-0.2, -0.15) is 0 Å². The predicted molar refractivity (Wildman–Crippen MR) is 109 cm³/mol. The molecule has 2 aromatic carbocycles. The first kappa shape index (κ1) is 20.6. The van der Waals surface area contributed by atoms with Crippen LogP contribution in [0.2, 0.25) is 0 Å². The molecule has 2 rings (SSSR count). The highest BCUT2D eigenvalue weighted by molar-refractivity contribution is 7.92. The number of nitrogens with one attached hydrogen (secondary N) is 2. The lowest BCUT2D eigenvalue weighted by molar-refractivity contribution is 0.477. The van der Waals surface area contributed by atoms with Crippen molar-refractivity contribution in [2.24, 2.45) is 5.84 Å². The molecule has 5 N–H and O–H groups in total. The number of phenolic OH excluding ortho intramolecular Hbond substituents is 1. The van der Waals surface area contributed by atoms with Gasteiger partial charge < -0.3 is 10.4 Å². The Kier molecular flexibility index (Phi) is 7.09. The highest BCUT2D eigenvalue weighted by Gasteiger charge is 2.17. The van der Waals surface area contributed by atoms with Crippen LogP contribution in [0.4, 0.5) is 11.4 Å². The van der Waals surface area contributed by atoms with Crippen LogP contribution >= 0.6 is 0 Å². The summed E-state index contributed by atoms with van der Waals surface area (Å²) in [7, 11) is -2.04. The van der Waals surface area contributed by atoms with Crippen molar-refractivity contribution in [2.45, 2.75) is 31.1 Å². The number of sulfonamides is 1. The summed E-state index contributed by atoms with van der Waals surface area (Å²) >= 11 is 0. The lowest BCUT2D eigenvalue weighted by Crippen LogP contribution is -2.27. The molecule has 0 unspecified atom stereocenters. The van der Waals surface area contributed by atoms with Crippen LogP contribution in [0.5, 0.6) is 5.75 Å². The Morgan fingerprint density at radius 1 is 1.22 bits per heavy atom. The maximum atomic E-state index is 12.6. The molecule has 27 heavy (non-hydrogen) atoms. The van der Waals surface area contributed by atoms with E-state index in [0.717, 1.165) is 25.0 Å². The van der Waals surface area contributed by atoms with E-state index in [-0.39, 0.29) is 16.3 Å². The number of hydrogen-bond acceptors (Lipinski definition) is 6. The van der Waals surface area contributed by atoms with E-state index in [1.807, 2.05) is 7.05 Å². The summed E-state index contributed by atoms with van der Waals surface area (Å²) in [6.45, 7) is 2.11. The molecule has 0 amide bonds. The summed E-state index contributed by atoms with van der Waals surface area (Å²) in [6.07, 6.45) is 4.69. The van der Waals surface area contributed by atoms with Crippen molar-refractivity contribution >= 4 is 21.4 Å². The first-order valence-corrected chi connectivity index (χ1v) is 10.2. The number of allylic oxidation sites excluding steroid dienone is 1. The largest absolute Gasteiger partial charge is 0.506 e. The third kappa shape index (κ3) is 5.63. The van der Waals surface area contributed by atoms with Gasteiger partial charge in [0.2, 0.25) is 0 Å². The highest BCUT2D eigenvalue weighted by Crippen LogP contribution is 2.26. The molecule has 0 saturated heterocycles. The normalized spacial score (nSPS) is 11.9. The van der Waals surface area contributed by atoms with Crippen LogP contribution in [0.25, 0.3) is 0 Å². The Hall–Kier alpha value is -2.71. The molecule has 0 atom stereocenters. The van der Waals surface area contributed by atoms with E-state index in [2.05, 4.69) is 17.0 Å². The molecule has 0 aromatic heterocycles. The van der Waals surface area contributed by atoms with E-state index >= 15 is 0 Å². The van der Waals surface area contributed by atoms with Gasteiger partial charge in [-0.15, -0.1) is 0 Å². The zero-order chi connectivity index (χ0) is 19.9. The van der Waals surface area contributed by atoms with Crippen LogP contribution in [0, 0.1) is 0 Å². The van der Waals surface area contributed by atoms with E-state index in [1.54, 1.807) is 30.5 Å². The van der Waals surface area contributed by atoms with Gasteiger partial charge in [0.1, 0.15) is 5.75 Å². The lowest BCUT2D eigenvalue weighted by atomic mass is 10.2. The first-order valence-electron chi connectivity index (χ1n) is 8.70. The van der Waals surface area contributed by atoms with Gasteiger partial charge in [-0.3, -0.25) is 9.73 Å². The second-order valence-electron chi connectivity index (χ2n) is 6.04. The molecule has 0 bridgehead atoms. The average Bonchev–Trinajstić information content (AvgIpc) is 2.66. The van der Waals surface area contributed by atoms with E-state index in [9.17, 15) is 13.5 Å². The summed E-state index contributed by atoms with van der Waals surface area (Å²) in [6, 6.07) is 12.4. The highest BCUT2D eigenvalue weighted by atomic mass is 32.2. The minimum absolute atomic E-state index is 0.0478. The topological polar surface area (TPSA) is 108 Å². The molecule has 0 aliphatic heterocycles. The van der Waals surface area contributed by atoms with E-state index in [1.165, 1.54) is 29.3 Å². The standard InChI is InChI=1S/C19H26N4O3S/c1-3-4-8-15(21-2)14-23(20)16-9-7-10-17(13-16)27(25,26)22-18-11-5-6-12-19(18)24/h5-7,9-14,21-22,24H,3-4,8,20H2,1-2H3/b15-14-. The molecule has 0 heterocycles. The minimum Gasteiger partial charge on any atom is -0.506 e. The quantitative estimate of drug-likeness (QED) is 0.298. The number of hydrogen-bond donors (Lipinski definition) is 4. The Bertz CT molecular complexity index is 897. The number of para-hydroxylation sites is 2. The number of benzene rings is 2. The summed E-state index contributed by atoms with van der Waals surface area (Å²) in [5.74, 6) is 5.95. The van der Waals surface area contributed by atoms with E-state index in [0.29, 0.717) is 5.69 Å². The molecule has 146 valence electrons. The molecule has 0 aliphatic rings. The van der Waals surface area contributed by atoms with Crippen LogP contribution in [0.15, 0.2) is 65.3 Å². The van der Waals surface area contributed by atoms with Gasteiger partial charge in [-0.1, -0.05) is 31.5 Å². The Morgan fingerprint density at radius 3 is 2.63 bits per heavy atom. The number of unbranched alkanes of at least 4 members (excludes halogenated alkanes) is 1. The van der Waals surface area contributed by atoms with Crippen molar-refractivity contribution in [1.82, 2.24) is 5.32 Å². The fraction of sp³-hybridized carbons (Fsp3) is 0.263. The molecular formula is C19H26N4O3S. The summed E-state index contributed by atoms with van der Waals surface area (Å²) in [5, 5.41) is 14.3. The Balaban J connectivity index is 2.25. The Morgan fingerprint density at radius 2 is 1.96 bits per heavy atom. The number of anilines is 2. The maximum Gasteiger partial charge on any atom is 0.262 e. The molecule has 0 fully saturated rings. The fourth-order valence-electron chi connectivity index (χ4n) is 2.44. The van der Waals surface area contributed by atoms with Crippen molar-refractivity contribution in [3.63, 3.8) is 0 Å². The van der Waals surface area contributed by atoms with Gasteiger partial charge in [0, 0.05) is 18.9 Å². The van der Waals surface area contributed by atoms with Crippen LogP contribution in [0.3, 0.4) is 0 Å². The number of rotatable bonds is 9. The van der Waals surface area contributed by atoms with E-state index in [4.69, 9.17) is 5.84 Å². The molecule has 0 radical (unpaired) electrons. The number of nitrogens with two attached hydrogens (primary N) is 1. The fourth-order valence-corrected chi connectivity index (χ4v) is 3.55. The average molecular weight is 391 g/mol. The minimum atomic E-state index is -3.87. The van der Waals surface area contributed by atoms with Crippen molar-refractivity contribution < 1.29 is 13.5 Å². The van der Waals surface area contributed by atoms with Crippen LogP contribution < -0.4 is 20.9 Å². The maximum absolute atomic E-state index is 12.6. The Labute approximate surface area is 160 Å². The van der Waals surface area contributed by atoms with Gasteiger partial charge in [-0.25, -0.2) is 14.3 Å². The summed E-state index contributed by atoms with van der Waals surface area (Å²) in [4.78, 5) is 0.0478. The second kappa shape index (κ2) is 9.29. The predicted octanol–water partition coefficient (Wildman–Crippen LogP) is 3.12. The monoisotopic (exact) mass is 390 g/mol.